The van der Waals surface area contributed by atoms with E-state index in [-0.39, 0.29) is 0 Å². The van der Waals surface area contributed by atoms with Gasteiger partial charge in [0.1, 0.15) is 0 Å². The van der Waals surface area contributed by atoms with Crippen molar-refractivity contribution in [2.75, 3.05) is 6.54 Å². The first-order valence-corrected chi connectivity index (χ1v) is 5.92. The molecule has 0 saturated heterocycles. The van der Waals surface area contributed by atoms with Gasteiger partial charge in [0, 0.05) is 6.54 Å². The number of hydrazine groups is 1. The van der Waals surface area contributed by atoms with Crippen molar-refractivity contribution in [3.05, 3.63) is 35.4 Å². The standard InChI is InChI=1S/C13H22N4/c1-10(2)8-15-13(17-14)16-9-12-6-4-11(3)5-7-12/h4-7,10H,8-9,14H2,1-3H3,(H2,15,16,17). The molecule has 0 aliphatic carbocycles. The van der Waals surface area contributed by atoms with E-state index in [0.29, 0.717) is 18.4 Å². The van der Waals surface area contributed by atoms with Crippen LogP contribution in [0.25, 0.3) is 0 Å². The molecule has 1 aromatic rings. The molecule has 0 heterocycles. The molecule has 0 aliphatic rings. The summed E-state index contributed by atoms with van der Waals surface area (Å²) in [5, 5.41) is 3.16. The molecular weight excluding hydrogens is 212 g/mol. The van der Waals surface area contributed by atoms with Gasteiger partial charge in [-0.3, -0.25) is 5.43 Å². The van der Waals surface area contributed by atoms with E-state index in [1.165, 1.54) is 11.1 Å². The Balaban J connectivity index is 2.51. The summed E-state index contributed by atoms with van der Waals surface area (Å²) in [4.78, 5) is 4.38. The van der Waals surface area contributed by atoms with Gasteiger partial charge in [0.05, 0.1) is 6.54 Å². The number of benzene rings is 1. The second kappa shape index (κ2) is 6.91. The van der Waals surface area contributed by atoms with Crippen LogP contribution in [0.5, 0.6) is 0 Å². The maximum Gasteiger partial charge on any atom is 0.206 e. The third kappa shape index (κ3) is 5.36. The second-order valence-corrected chi connectivity index (χ2v) is 4.57. The maximum absolute atomic E-state index is 5.40. The zero-order chi connectivity index (χ0) is 12.7. The third-order valence-corrected chi connectivity index (χ3v) is 2.35. The molecule has 1 rings (SSSR count). The Kier molecular flexibility index (Phi) is 5.49. The summed E-state index contributed by atoms with van der Waals surface area (Å²) in [7, 11) is 0. The van der Waals surface area contributed by atoms with E-state index in [0.717, 1.165) is 6.54 Å². The van der Waals surface area contributed by atoms with E-state index >= 15 is 0 Å². The number of rotatable bonds is 4. The summed E-state index contributed by atoms with van der Waals surface area (Å²) in [5.74, 6) is 6.61. The van der Waals surface area contributed by atoms with Crippen LogP contribution >= 0.6 is 0 Å². The molecule has 0 saturated carbocycles. The molecule has 4 N–H and O–H groups in total. The molecule has 1 aromatic carbocycles. The van der Waals surface area contributed by atoms with Crippen molar-refractivity contribution in [1.82, 2.24) is 10.7 Å². The monoisotopic (exact) mass is 234 g/mol. The summed E-state index contributed by atoms with van der Waals surface area (Å²) >= 11 is 0. The molecule has 0 radical (unpaired) electrons. The number of aryl methyl sites for hydroxylation is 1. The SMILES string of the molecule is Cc1ccc(CN=C(NN)NCC(C)C)cc1. The molecule has 0 unspecified atom stereocenters. The fourth-order valence-electron chi connectivity index (χ4n) is 1.32. The lowest BCUT2D eigenvalue weighted by atomic mass is 10.1. The van der Waals surface area contributed by atoms with Gasteiger partial charge in [-0.2, -0.15) is 0 Å². The third-order valence-electron chi connectivity index (χ3n) is 2.35. The Morgan fingerprint density at radius 1 is 1.29 bits per heavy atom. The molecule has 4 nitrogen and oxygen atoms in total. The molecule has 0 atom stereocenters. The van der Waals surface area contributed by atoms with Crippen molar-refractivity contribution in [2.24, 2.45) is 16.8 Å². The van der Waals surface area contributed by atoms with Crippen LogP contribution in [0.2, 0.25) is 0 Å². The lowest BCUT2D eigenvalue weighted by Gasteiger charge is -2.11. The quantitative estimate of drug-likeness (QED) is 0.321. The smallest absolute Gasteiger partial charge is 0.206 e. The summed E-state index contributed by atoms with van der Waals surface area (Å²) in [6.07, 6.45) is 0. The van der Waals surface area contributed by atoms with Gasteiger partial charge in [-0.1, -0.05) is 43.7 Å². The van der Waals surface area contributed by atoms with Gasteiger partial charge >= 0.3 is 0 Å². The lowest BCUT2D eigenvalue weighted by molar-refractivity contribution is 0.615. The Labute approximate surface area is 103 Å². The molecular formula is C13H22N4. The van der Waals surface area contributed by atoms with Crippen molar-refractivity contribution < 1.29 is 0 Å². The van der Waals surface area contributed by atoms with Gasteiger partial charge < -0.3 is 5.32 Å². The largest absolute Gasteiger partial charge is 0.355 e. The fourth-order valence-corrected chi connectivity index (χ4v) is 1.32. The van der Waals surface area contributed by atoms with Gasteiger partial charge in [0.2, 0.25) is 5.96 Å². The lowest BCUT2D eigenvalue weighted by Crippen LogP contribution is -2.42. The Morgan fingerprint density at radius 3 is 2.47 bits per heavy atom. The number of hydrogen-bond acceptors (Lipinski definition) is 2. The van der Waals surface area contributed by atoms with Crippen LogP contribution in [0, 0.1) is 12.8 Å². The predicted molar refractivity (Wildman–Crippen MR) is 72.5 cm³/mol. The van der Waals surface area contributed by atoms with Crippen molar-refractivity contribution in [1.29, 1.82) is 0 Å². The molecule has 0 spiro atoms. The summed E-state index contributed by atoms with van der Waals surface area (Å²) in [5.41, 5.74) is 5.01. The molecule has 0 aromatic heterocycles. The average Bonchev–Trinajstić information content (AvgIpc) is 2.31. The minimum atomic E-state index is 0.563. The second-order valence-electron chi connectivity index (χ2n) is 4.57. The van der Waals surface area contributed by atoms with Crippen LogP contribution < -0.4 is 16.6 Å². The minimum absolute atomic E-state index is 0.563. The first-order chi connectivity index (χ1) is 8.11. The normalized spacial score (nSPS) is 11.7. The zero-order valence-corrected chi connectivity index (χ0v) is 10.8. The number of nitrogens with two attached hydrogens (primary N) is 1. The molecule has 4 heteroatoms. The highest BCUT2D eigenvalue weighted by Gasteiger charge is 1.98. The molecule has 0 bridgehead atoms. The van der Waals surface area contributed by atoms with Gasteiger partial charge in [0.25, 0.3) is 0 Å². The van der Waals surface area contributed by atoms with Crippen LogP contribution in [0.1, 0.15) is 25.0 Å². The van der Waals surface area contributed by atoms with E-state index < -0.39 is 0 Å². The fraction of sp³-hybridized carbons (Fsp3) is 0.462. The summed E-state index contributed by atoms with van der Waals surface area (Å²) in [6.45, 7) is 7.84. The number of aliphatic imine (C=N–C) groups is 1. The van der Waals surface area contributed by atoms with Crippen molar-refractivity contribution in [3.8, 4) is 0 Å². The molecule has 94 valence electrons. The van der Waals surface area contributed by atoms with E-state index in [9.17, 15) is 0 Å². The summed E-state index contributed by atoms with van der Waals surface area (Å²) in [6, 6.07) is 8.33. The Morgan fingerprint density at radius 2 is 1.94 bits per heavy atom. The van der Waals surface area contributed by atoms with Crippen LogP contribution in [0.15, 0.2) is 29.3 Å². The molecule has 0 fully saturated rings. The first-order valence-electron chi connectivity index (χ1n) is 5.92. The molecule has 0 amide bonds. The number of guanidine groups is 1. The highest BCUT2D eigenvalue weighted by molar-refractivity contribution is 5.79. The highest BCUT2D eigenvalue weighted by atomic mass is 15.3. The summed E-state index contributed by atoms with van der Waals surface area (Å²) < 4.78 is 0. The van der Waals surface area contributed by atoms with Crippen LogP contribution in [0.4, 0.5) is 0 Å². The maximum atomic E-state index is 5.40. The van der Waals surface area contributed by atoms with Crippen LogP contribution in [-0.4, -0.2) is 12.5 Å². The van der Waals surface area contributed by atoms with Gasteiger partial charge in [-0.05, 0) is 18.4 Å². The Bertz CT molecular complexity index is 354. The number of nitrogens with one attached hydrogen (secondary N) is 2. The van der Waals surface area contributed by atoms with Crippen LogP contribution in [0.3, 0.4) is 0 Å². The van der Waals surface area contributed by atoms with E-state index in [1.54, 1.807) is 0 Å². The van der Waals surface area contributed by atoms with Gasteiger partial charge in [-0.15, -0.1) is 0 Å². The topological polar surface area (TPSA) is 62.4 Å². The average molecular weight is 234 g/mol. The minimum Gasteiger partial charge on any atom is -0.355 e. The molecule has 0 aliphatic heterocycles. The first kappa shape index (κ1) is 13.5. The van der Waals surface area contributed by atoms with Gasteiger partial charge in [0.15, 0.2) is 0 Å². The van der Waals surface area contributed by atoms with Crippen LogP contribution in [-0.2, 0) is 6.54 Å². The van der Waals surface area contributed by atoms with Gasteiger partial charge in [-0.25, -0.2) is 10.8 Å². The van der Waals surface area contributed by atoms with E-state index in [1.807, 2.05) is 0 Å². The van der Waals surface area contributed by atoms with Crippen molar-refractivity contribution >= 4 is 5.96 Å². The highest BCUT2D eigenvalue weighted by Crippen LogP contribution is 2.04. The zero-order valence-electron chi connectivity index (χ0n) is 10.8. The number of hydrogen-bond donors (Lipinski definition) is 3. The van der Waals surface area contributed by atoms with E-state index in [2.05, 4.69) is 60.8 Å². The van der Waals surface area contributed by atoms with Crippen molar-refractivity contribution in [3.63, 3.8) is 0 Å². The van der Waals surface area contributed by atoms with E-state index in [4.69, 9.17) is 5.84 Å². The predicted octanol–water partition coefficient (Wildman–Crippen LogP) is 1.56. The number of nitrogens with zero attached hydrogens (tertiary/aromatic N) is 1. The van der Waals surface area contributed by atoms with Crippen molar-refractivity contribution in [2.45, 2.75) is 27.3 Å². The Hall–Kier alpha value is -1.55. The molecule has 17 heavy (non-hydrogen) atoms.